The second-order valence-corrected chi connectivity index (χ2v) is 8.10. The minimum absolute atomic E-state index is 0.0453. The Morgan fingerprint density at radius 2 is 2.00 bits per heavy atom. The molecule has 1 aromatic rings. The first-order valence-electron chi connectivity index (χ1n) is 7.41. The molecule has 0 saturated heterocycles. The Labute approximate surface area is 139 Å². The summed E-state index contributed by atoms with van der Waals surface area (Å²) in [5, 5.41) is 0. The van der Waals surface area contributed by atoms with E-state index in [1.807, 2.05) is 0 Å². The molecular formula is C15H17N3O5S. The number of rotatable bonds is 5. The third kappa shape index (κ3) is 3.04. The number of imide groups is 1. The number of primary amides is 1. The zero-order valence-corrected chi connectivity index (χ0v) is 13.9. The van der Waals surface area contributed by atoms with Gasteiger partial charge in [-0.05, 0) is 37.5 Å². The molecule has 9 heteroatoms. The average molecular weight is 351 g/mol. The van der Waals surface area contributed by atoms with E-state index in [-0.39, 0.29) is 16.9 Å². The molecule has 1 heterocycles. The molecule has 1 saturated carbocycles. The number of hydrogen-bond donors (Lipinski definition) is 2. The van der Waals surface area contributed by atoms with Crippen molar-refractivity contribution in [3.63, 3.8) is 0 Å². The molecule has 8 nitrogen and oxygen atoms in total. The minimum Gasteiger partial charge on any atom is -0.368 e. The highest BCUT2D eigenvalue weighted by atomic mass is 32.2. The Bertz CT molecular complexity index is 858. The van der Waals surface area contributed by atoms with Crippen molar-refractivity contribution in [3.05, 3.63) is 29.3 Å². The van der Waals surface area contributed by atoms with Crippen LogP contribution in [0.25, 0.3) is 0 Å². The van der Waals surface area contributed by atoms with Crippen molar-refractivity contribution < 1.29 is 22.8 Å². The van der Waals surface area contributed by atoms with Crippen molar-refractivity contribution in [2.45, 2.75) is 36.6 Å². The third-order valence-corrected chi connectivity index (χ3v) is 5.84. The summed E-state index contributed by atoms with van der Waals surface area (Å²) in [7, 11) is -3.76. The quantitative estimate of drug-likeness (QED) is 0.693. The van der Waals surface area contributed by atoms with Gasteiger partial charge in [0.05, 0.1) is 11.3 Å². The second-order valence-electron chi connectivity index (χ2n) is 6.41. The van der Waals surface area contributed by atoms with Gasteiger partial charge in [-0.2, -0.15) is 0 Å². The molecule has 0 bridgehead atoms. The van der Waals surface area contributed by atoms with Crippen LogP contribution in [0.5, 0.6) is 0 Å². The Morgan fingerprint density at radius 1 is 1.33 bits per heavy atom. The fourth-order valence-corrected chi connectivity index (χ4v) is 4.07. The maximum atomic E-state index is 12.4. The molecule has 0 unspecified atom stereocenters. The third-order valence-electron chi connectivity index (χ3n) is 4.20. The molecule has 1 aliphatic heterocycles. The van der Waals surface area contributed by atoms with Gasteiger partial charge in [0.2, 0.25) is 21.8 Å². The van der Waals surface area contributed by atoms with Crippen LogP contribution in [0.2, 0.25) is 0 Å². The molecule has 0 aromatic heterocycles. The SMILES string of the molecule is CC1(NS(=O)(=O)c2ccc3c(c2)C(=O)N(CC(N)=O)C(=O)C3)CC1. The van der Waals surface area contributed by atoms with E-state index >= 15 is 0 Å². The van der Waals surface area contributed by atoms with E-state index in [0.717, 1.165) is 17.7 Å². The van der Waals surface area contributed by atoms with Crippen LogP contribution in [0.3, 0.4) is 0 Å². The summed E-state index contributed by atoms with van der Waals surface area (Å²) in [5.74, 6) is -2.06. The summed E-state index contributed by atoms with van der Waals surface area (Å²) in [6.45, 7) is 1.28. The van der Waals surface area contributed by atoms with Crippen molar-refractivity contribution in [2.75, 3.05) is 6.54 Å². The highest BCUT2D eigenvalue weighted by Crippen LogP contribution is 2.36. The van der Waals surface area contributed by atoms with E-state index in [2.05, 4.69) is 4.72 Å². The molecule has 2 aliphatic rings. The van der Waals surface area contributed by atoms with Crippen molar-refractivity contribution in [3.8, 4) is 0 Å². The second kappa shape index (κ2) is 5.38. The number of amides is 3. The topological polar surface area (TPSA) is 127 Å². The number of carbonyl (C=O) groups is 3. The lowest BCUT2D eigenvalue weighted by Gasteiger charge is -2.26. The number of sulfonamides is 1. The molecule has 1 fully saturated rings. The average Bonchev–Trinajstić information content (AvgIpc) is 3.19. The van der Waals surface area contributed by atoms with Crippen LogP contribution in [0.15, 0.2) is 23.1 Å². The summed E-state index contributed by atoms with van der Waals surface area (Å²) >= 11 is 0. The van der Waals surface area contributed by atoms with Gasteiger partial charge < -0.3 is 5.73 Å². The Balaban J connectivity index is 1.96. The van der Waals surface area contributed by atoms with Crippen molar-refractivity contribution in [1.29, 1.82) is 0 Å². The Kier molecular flexibility index (Phi) is 3.72. The van der Waals surface area contributed by atoms with Gasteiger partial charge in [-0.1, -0.05) is 6.07 Å². The van der Waals surface area contributed by atoms with Gasteiger partial charge in [0.15, 0.2) is 0 Å². The number of nitrogens with one attached hydrogen (secondary N) is 1. The number of nitrogens with two attached hydrogens (primary N) is 1. The highest BCUT2D eigenvalue weighted by molar-refractivity contribution is 7.89. The summed E-state index contributed by atoms with van der Waals surface area (Å²) in [6, 6.07) is 4.07. The molecule has 0 atom stereocenters. The van der Waals surface area contributed by atoms with Gasteiger partial charge in [0.25, 0.3) is 5.91 Å². The van der Waals surface area contributed by atoms with E-state index < -0.39 is 39.8 Å². The van der Waals surface area contributed by atoms with E-state index in [1.165, 1.54) is 18.2 Å². The van der Waals surface area contributed by atoms with Gasteiger partial charge in [0.1, 0.15) is 6.54 Å². The van der Waals surface area contributed by atoms with Crippen molar-refractivity contribution in [1.82, 2.24) is 9.62 Å². The van der Waals surface area contributed by atoms with Gasteiger partial charge in [0, 0.05) is 11.1 Å². The minimum atomic E-state index is -3.76. The summed E-state index contributed by atoms with van der Waals surface area (Å²) in [4.78, 5) is 36.1. The molecule has 3 rings (SSSR count). The van der Waals surface area contributed by atoms with Gasteiger partial charge in [-0.25, -0.2) is 13.1 Å². The highest BCUT2D eigenvalue weighted by Gasteiger charge is 2.41. The molecule has 0 spiro atoms. The van der Waals surface area contributed by atoms with E-state index in [4.69, 9.17) is 5.73 Å². The van der Waals surface area contributed by atoms with Crippen LogP contribution in [0.1, 0.15) is 35.7 Å². The summed E-state index contributed by atoms with van der Waals surface area (Å²) in [6.07, 6.45) is 1.44. The normalized spacial score (nSPS) is 19.1. The predicted octanol–water partition coefficient (Wildman–Crippen LogP) is -0.472. The van der Waals surface area contributed by atoms with E-state index in [1.54, 1.807) is 6.92 Å². The van der Waals surface area contributed by atoms with Crippen LogP contribution < -0.4 is 10.5 Å². The smallest absolute Gasteiger partial charge is 0.261 e. The van der Waals surface area contributed by atoms with Crippen LogP contribution in [-0.2, 0) is 26.0 Å². The fraction of sp³-hybridized carbons (Fsp3) is 0.400. The summed E-state index contributed by atoms with van der Waals surface area (Å²) < 4.78 is 27.5. The van der Waals surface area contributed by atoms with E-state index in [9.17, 15) is 22.8 Å². The van der Waals surface area contributed by atoms with Crippen LogP contribution in [0.4, 0.5) is 0 Å². The molecule has 3 N–H and O–H groups in total. The number of nitrogens with zero attached hydrogens (tertiary/aromatic N) is 1. The lowest BCUT2D eigenvalue weighted by molar-refractivity contribution is -0.132. The summed E-state index contributed by atoms with van der Waals surface area (Å²) in [5.41, 5.74) is 5.14. The zero-order chi connectivity index (χ0) is 17.7. The monoisotopic (exact) mass is 351 g/mol. The number of benzene rings is 1. The first-order valence-corrected chi connectivity index (χ1v) is 8.90. The van der Waals surface area contributed by atoms with Gasteiger partial charge >= 0.3 is 0 Å². The zero-order valence-electron chi connectivity index (χ0n) is 13.0. The number of hydrogen-bond acceptors (Lipinski definition) is 5. The number of fused-ring (bicyclic) bond motifs is 1. The molecule has 24 heavy (non-hydrogen) atoms. The van der Waals surface area contributed by atoms with Crippen LogP contribution in [0, 0.1) is 0 Å². The molecule has 128 valence electrons. The van der Waals surface area contributed by atoms with Crippen LogP contribution in [-0.4, -0.2) is 43.1 Å². The van der Waals surface area contributed by atoms with E-state index in [0.29, 0.717) is 5.56 Å². The Morgan fingerprint density at radius 3 is 2.58 bits per heavy atom. The molecular weight excluding hydrogens is 334 g/mol. The maximum absolute atomic E-state index is 12.4. The fourth-order valence-electron chi connectivity index (χ4n) is 2.58. The maximum Gasteiger partial charge on any atom is 0.261 e. The number of carbonyl (C=O) groups excluding carboxylic acids is 3. The standard InChI is InChI=1S/C15H17N3O5S/c1-15(4-5-15)17-24(22,23)10-3-2-9-6-13(20)18(8-12(16)19)14(21)11(9)7-10/h2-3,7,17H,4-6,8H2,1H3,(H2,16,19). The van der Waals surface area contributed by atoms with Crippen LogP contribution >= 0.6 is 0 Å². The van der Waals surface area contributed by atoms with Gasteiger partial charge in [-0.3, -0.25) is 19.3 Å². The Hall–Kier alpha value is -2.26. The molecule has 3 amide bonds. The van der Waals surface area contributed by atoms with Gasteiger partial charge in [-0.15, -0.1) is 0 Å². The van der Waals surface area contributed by atoms with Crippen molar-refractivity contribution in [2.24, 2.45) is 5.73 Å². The predicted molar refractivity (Wildman–Crippen MR) is 83.3 cm³/mol. The van der Waals surface area contributed by atoms with Crippen molar-refractivity contribution >= 4 is 27.7 Å². The molecule has 1 aliphatic carbocycles. The lowest BCUT2D eigenvalue weighted by atomic mass is 9.98. The molecule has 1 aromatic carbocycles. The first kappa shape index (κ1) is 16.6. The first-order chi connectivity index (χ1) is 11.1. The molecule has 0 radical (unpaired) electrons. The largest absolute Gasteiger partial charge is 0.368 e. The lowest BCUT2D eigenvalue weighted by Crippen LogP contribution is -2.46.